The van der Waals surface area contributed by atoms with Gasteiger partial charge in [-0.05, 0) is 17.7 Å². The van der Waals surface area contributed by atoms with Gasteiger partial charge in [-0.15, -0.1) is 0 Å². The molecule has 1 rings (SSSR count). The topological polar surface area (TPSA) is 61.9 Å². The first kappa shape index (κ1) is 16.8. The summed E-state index contributed by atoms with van der Waals surface area (Å²) in [4.78, 5) is 26.4. The number of rotatable bonds is 6. The zero-order valence-corrected chi connectivity index (χ0v) is 13.0. The monoisotopic (exact) mass is 293 g/mol. The van der Waals surface area contributed by atoms with Crippen LogP contribution in [0.4, 0.5) is 4.79 Å². The minimum Gasteiger partial charge on any atom is -0.497 e. The molecule has 0 atom stereocenters. The van der Waals surface area contributed by atoms with Crippen molar-refractivity contribution in [3.8, 4) is 5.75 Å². The quantitative estimate of drug-likeness (QED) is 0.860. The van der Waals surface area contributed by atoms with Crippen LogP contribution in [0.5, 0.6) is 5.75 Å². The average Bonchev–Trinajstić information content (AvgIpc) is 2.47. The number of carbonyl (C=O) groups is 2. The van der Waals surface area contributed by atoms with Gasteiger partial charge in [0.15, 0.2) is 0 Å². The Hall–Kier alpha value is -2.24. The molecule has 1 aromatic rings. The van der Waals surface area contributed by atoms with Crippen LogP contribution in [0.25, 0.3) is 0 Å². The van der Waals surface area contributed by atoms with Gasteiger partial charge < -0.3 is 19.9 Å². The molecule has 6 heteroatoms. The van der Waals surface area contributed by atoms with Gasteiger partial charge >= 0.3 is 6.03 Å². The van der Waals surface area contributed by atoms with Crippen molar-refractivity contribution < 1.29 is 14.3 Å². The van der Waals surface area contributed by atoms with Crippen molar-refractivity contribution in [2.75, 3.05) is 34.8 Å². The third-order valence-corrected chi connectivity index (χ3v) is 3.04. The molecule has 6 nitrogen and oxygen atoms in total. The van der Waals surface area contributed by atoms with Crippen molar-refractivity contribution in [3.05, 3.63) is 29.8 Å². The summed E-state index contributed by atoms with van der Waals surface area (Å²) in [6, 6.07) is 7.35. The normalized spacial score (nSPS) is 9.90. The Morgan fingerprint density at radius 3 is 2.29 bits per heavy atom. The SMILES string of the molecule is COc1ccc(CN(C)C(=O)NCCC(=O)N(C)C)cc1. The third-order valence-electron chi connectivity index (χ3n) is 3.04. The Balaban J connectivity index is 2.38. The molecule has 0 aromatic heterocycles. The van der Waals surface area contributed by atoms with Crippen molar-refractivity contribution >= 4 is 11.9 Å². The van der Waals surface area contributed by atoms with E-state index in [1.54, 1.807) is 33.2 Å². The van der Waals surface area contributed by atoms with Crippen molar-refractivity contribution in [2.24, 2.45) is 0 Å². The molecule has 0 aliphatic heterocycles. The van der Waals surface area contributed by atoms with Gasteiger partial charge in [0.2, 0.25) is 5.91 Å². The molecule has 116 valence electrons. The molecular formula is C15H23N3O3. The molecular weight excluding hydrogens is 270 g/mol. The van der Waals surface area contributed by atoms with E-state index in [4.69, 9.17) is 4.74 Å². The second-order valence-corrected chi connectivity index (χ2v) is 4.97. The predicted molar refractivity (Wildman–Crippen MR) is 81.2 cm³/mol. The molecule has 0 fully saturated rings. The first-order chi connectivity index (χ1) is 9.93. The van der Waals surface area contributed by atoms with Crippen LogP contribution in [0.15, 0.2) is 24.3 Å². The molecule has 0 bridgehead atoms. The maximum atomic E-state index is 11.9. The Morgan fingerprint density at radius 1 is 1.14 bits per heavy atom. The fraction of sp³-hybridized carbons (Fsp3) is 0.467. The lowest BCUT2D eigenvalue weighted by atomic mass is 10.2. The molecule has 0 radical (unpaired) electrons. The highest BCUT2D eigenvalue weighted by Crippen LogP contribution is 2.12. The Bertz CT molecular complexity index is 472. The van der Waals surface area contributed by atoms with Gasteiger partial charge in [-0.25, -0.2) is 4.79 Å². The number of urea groups is 1. The zero-order valence-electron chi connectivity index (χ0n) is 13.0. The number of benzene rings is 1. The van der Waals surface area contributed by atoms with E-state index < -0.39 is 0 Å². The van der Waals surface area contributed by atoms with Crippen LogP contribution >= 0.6 is 0 Å². The van der Waals surface area contributed by atoms with E-state index in [2.05, 4.69) is 5.32 Å². The first-order valence-corrected chi connectivity index (χ1v) is 6.76. The summed E-state index contributed by atoms with van der Waals surface area (Å²) in [5.74, 6) is 0.779. The second kappa shape index (κ2) is 8.14. The molecule has 0 heterocycles. The molecule has 1 N–H and O–H groups in total. The molecule has 21 heavy (non-hydrogen) atoms. The maximum Gasteiger partial charge on any atom is 0.317 e. The Kier molecular flexibility index (Phi) is 6.52. The molecule has 0 spiro atoms. The predicted octanol–water partition coefficient (Wildman–Crippen LogP) is 1.31. The summed E-state index contributed by atoms with van der Waals surface area (Å²) in [6.07, 6.45) is 0.301. The van der Waals surface area contributed by atoms with Gasteiger partial charge in [-0.1, -0.05) is 12.1 Å². The number of carbonyl (C=O) groups excluding carboxylic acids is 2. The maximum absolute atomic E-state index is 11.9. The van der Waals surface area contributed by atoms with Gasteiger partial charge in [-0.3, -0.25) is 4.79 Å². The van der Waals surface area contributed by atoms with E-state index in [1.165, 1.54) is 4.90 Å². The molecule has 0 aliphatic rings. The summed E-state index contributed by atoms with van der Waals surface area (Å²) in [5.41, 5.74) is 1.01. The number of hydrogen-bond acceptors (Lipinski definition) is 3. The number of nitrogens with one attached hydrogen (secondary N) is 1. The van der Waals surface area contributed by atoms with Gasteiger partial charge in [0.25, 0.3) is 0 Å². The van der Waals surface area contributed by atoms with E-state index in [9.17, 15) is 9.59 Å². The summed E-state index contributed by atoms with van der Waals surface area (Å²) in [5, 5.41) is 2.73. The summed E-state index contributed by atoms with van der Waals surface area (Å²) in [6.45, 7) is 0.834. The second-order valence-electron chi connectivity index (χ2n) is 4.97. The van der Waals surface area contributed by atoms with Crippen molar-refractivity contribution in [2.45, 2.75) is 13.0 Å². The number of ether oxygens (including phenoxy) is 1. The van der Waals surface area contributed by atoms with Crippen LogP contribution in [0, 0.1) is 0 Å². The fourth-order valence-electron chi connectivity index (χ4n) is 1.71. The van der Waals surface area contributed by atoms with Gasteiger partial charge in [0, 0.05) is 40.7 Å². The molecule has 0 aliphatic carbocycles. The third kappa shape index (κ3) is 5.72. The van der Waals surface area contributed by atoms with Gasteiger partial charge in [0.05, 0.1) is 7.11 Å². The highest BCUT2D eigenvalue weighted by molar-refractivity contribution is 5.77. The van der Waals surface area contributed by atoms with Crippen molar-refractivity contribution in [1.29, 1.82) is 0 Å². The van der Waals surface area contributed by atoms with E-state index in [-0.39, 0.29) is 11.9 Å². The van der Waals surface area contributed by atoms with Crippen LogP contribution in [-0.2, 0) is 11.3 Å². The van der Waals surface area contributed by atoms with Crippen LogP contribution in [-0.4, -0.2) is 56.5 Å². The van der Waals surface area contributed by atoms with Crippen LogP contribution in [0.1, 0.15) is 12.0 Å². The standard InChI is InChI=1S/C15H23N3O3/c1-17(2)14(19)9-10-16-15(20)18(3)11-12-5-7-13(21-4)8-6-12/h5-8H,9-11H2,1-4H3,(H,16,20). The van der Waals surface area contributed by atoms with Gasteiger partial charge in [-0.2, -0.15) is 0 Å². The van der Waals surface area contributed by atoms with E-state index in [0.29, 0.717) is 19.5 Å². The number of amides is 3. The van der Waals surface area contributed by atoms with Crippen LogP contribution in [0.3, 0.4) is 0 Å². The largest absolute Gasteiger partial charge is 0.497 e. The highest BCUT2D eigenvalue weighted by atomic mass is 16.5. The lowest BCUT2D eigenvalue weighted by molar-refractivity contribution is -0.128. The number of nitrogens with zero attached hydrogens (tertiary/aromatic N) is 2. The Morgan fingerprint density at radius 2 is 1.76 bits per heavy atom. The van der Waals surface area contributed by atoms with E-state index >= 15 is 0 Å². The molecule has 3 amide bonds. The van der Waals surface area contributed by atoms with Crippen LogP contribution in [0.2, 0.25) is 0 Å². The summed E-state index contributed by atoms with van der Waals surface area (Å²) < 4.78 is 5.09. The summed E-state index contributed by atoms with van der Waals surface area (Å²) >= 11 is 0. The smallest absolute Gasteiger partial charge is 0.317 e. The lowest BCUT2D eigenvalue weighted by Crippen LogP contribution is -2.38. The van der Waals surface area contributed by atoms with Crippen molar-refractivity contribution in [3.63, 3.8) is 0 Å². The fourth-order valence-corrected chi connectivity index (χ4v) is 1.71. The molecule has 1 aromatic carbocycles. The average molecular weight is 293 g/mol. The highest BCUT2D eigenvalue weighted by Gasteiger charge is 2.10. The van der Waals surface area contributed by atoms with Gasteiger partial charge in [0.1, 0.15) is 5.75 Å². The Labute approximate surface area is 125 Å². The van der Waals surface area contributed by atoms with E-state index in [0.717, 1.165) is 11.3 Å². The number of methoxy groups -OCH3 is 1. The van der Waals surface area contributed by atoms with E-state index in [1.807, 2.05) is 24.3 Å². The molecule has 0 unspecified atom stereocenters. The lowest BCUT2D eigenvalue weighted by Gasteiger charge is -2.18. The molecule has 0 saturated carbocycles. The minimum absolute atomic E-state index is 0.00638. The summed E-state index contributed by atoms with van der Waals surface area (Å²) in [7, 11) is 6.72. The first-order valence-electron chi connectivity index (χ1n) is 6.76. The molecule has 0 saturated heterocycles. The zero-order chi connectivity index (χ0) is 15.8. The number of hydrogen-bond donors (Lipinski definition) is 1. The minimum atomic E-state index is -0.197. The van der Waals surface area contributed by atoms with Crippen LogP contribution < -0.4 is 10.1 Å². The van der Waals surface area contributed by atoms with Crippen molar-refractivity contribution in [1.82, 2.24) is 15.1 Å².